The molecule has 1 heterocycles. The lowest BCUT2D eigenvalue weighted by molar-refractivity contribution is -0.145. The number of carbonyl (C=O) groups excluding carboxylic acids is 2. The summed E-state index contributed by atoms with van der Waals surface area (Å²) < 4.78 is 11.8. The largest absolute Gasteiger partial charge is 0.488 e. The minimum Gasteiger partial charge on any atom is -0.488 e. The number of rotatable bonds is 7. The zero-order chi connectivity index (χ0) is 14.3. The zero-order valence-electron chi connectivity index (χ0n) is 11.4. The molecule has 0 saturated carbocycles. The number of hydrogen-bond donors (Lipinski definition) is 1. The first-order valence-corrected chi connectivity index (χ1v) is 6.07. The second-order valence-corrected chi connectivity index (χ2v) is 4.03. The van der Waals surface area contributed by atoms with Crippen LogP contribution in [0.1, 0.15) is 20.3 Å². The second kappa shape index (κ2) is 7.40. The molecule has 7 heteroatoms. The van der Waals surface area contributed by atoms with Gasteiger partial charge in [0, 0.05) is 13.5 Å². The Morgan fingerprint density at radius 1 is 1.53 bits per heavy atom. The third kappa shape index (κ3) is 4.99. The van der Waals surface area contributed by atoms with Crippen LogP contribution in [0, 0.1) is 0 Å². The van der Waals surface area contributed by atoms with Crippen LogP contribution in [0.5, 0.6) is 5.75 Å². The molecular formula is C12H19N3O4. The predicted molar refractivity (Wildman–Crippen MR) is 67.6 cm³/mol. The number of methoxy groups -OCH3 is 1. The number of hydrogen-bond acceptors (Lipinski definition) is 5. The van der Waals surface area contributed by atoms with Crippen LogP contribution >= 0.6 is 0 Å². The van der Waals surface area contributed by atoms with E-state index in [1.54, 1.807) is 17.1 Å². The highest BCUT2D eigenvalue weighted by atomic mass is 16.5. The van der Waals surface area contributed by atoms with E-state index in [0.717, 1.165) is 13.0 Å². The summed E-state index contributed by atoms with van der Waals surface area (Å²) in [7, 11) is 1.26. The average molecular weight is 269 g/mol. The molecular weight excluding hydrogens is 250 g/mol. The Kier molecular flexibility index (Phi) is 5.84. The first-order chi connectivity index (χ1) is 9.06. The van der Waals surface area contributed by atoms with Crippen molar-refractivity contribution in [1.29, 1.82) is 0 Å². The minimum atomic E-state index is -0.822. The number of nitrogens with zero attached hydrogens (tertiary/aromatic N) is 2. The highest BCUT2D eigenvalue weighted by Gasteiger charge is 2.21. The third-order valence-corrected chi connectivity index (χ3v) is 2.34. The van der Waals surface area contributed by atoms with Gasteiger partial charge in [-0.25, -0.2) is 4.79 Å². The van der Waals surface area contributed by atoms with Crippen molar-refractivity contribution in [2.75, 3.05) is 13.7 Å². The number of esters is 1. The van der Waals surface area contributed by atoms with Crippen LogP contribution in [0.4, 0.5) is 0 Å². The first-order valence-electron chi connectivity index (χ1n) is 6.07. The lowest BCUT2D eigenvalue weighted by atomic mass is 10.3. The topological polar surface area (TPSA) is 82.5 Å². The highest BCUT2D eigenvalue weighted by Crippen LogP contribution is 2.09. The monoisotopic (exact) mass is 269 g/mol. The highest BCUT2D eigenvalue weighted by molar-refractivity contribution is 5.83. The van der Waals surface area contributed by atoms with Gasteiger partial charge in [0.25, 0.3) is 0 Å². The fourth-order valence-corrected chi connectivity index (χ4v) is 1.51. The summed E-state index contributed by atoms with van der Waals surface area (Å²) in [6.07, 6.45) is 4.28. The number of ether oxygens (including phenoxy) is 2. The van der Waals surface area contributed by atoms with Crippen molar-refractivity contribution >= 4 is 11.9 Å². The average Bonchev–Trinajstić information content (AvgIpc) is 2.81. The quantitative estimate of drug-likeness (QED) is 0.722. The predicted octanol–water partition coefficient (Wildman–Crippen LogP) is 0.350. The fourth-order valence-electron chi connectivity index (χ4n) is 1.51. The summed E-state index contributed by atoms with van der Waals surface area (Å²) in [4.78, 5) is 22.4. The van der Waals surface area contributed by atoms with Gasteiger partial charge >= 0.3 is 5.97 Å². The van der Waals surface area contributed by atoms with Gasteiger partial charge in [-0.1, -0.05) is 6.92 Å². The van der Waals surface area contributed by atoms with Gasteiger partial charge in [0.1, 0.15) is 6.61 Å². The molecule has 0 radical (unpaired) electrons. The van der Waals surface area contributed by atoms with Gasteiger partial charge < -0.3 is 14.8 Å². The van der Waals surface area contributed by atoms with Crippen LogP contribution in [0.3, 0.4) is 0 Å². The molecule has 0 spiro atoms. The van der Waals surface area contributed by atoms with Gasteiger partial charge in [0.2, 0.25) is 5.91 Å². The van der Waals surface area contributed by atoms with Crippen LogP contribution in [-0.2, 0) is 20.9 Å². The van der Waals surface area contributed by atoms with Crippen molar-refractivity contribution in [3.63, 3.8) is 0 Å². The van der Waals surface area contributed by atoms with Crippen LogP contribution in [0.2, 0.25) is 0 Å². The number of amides is 1. The zero-order valence-corrected chi connectivity index (χ0v) is 11.4. The molecule has 106 valence electrons. The molecule has 1 aromatic heterocycles. The van der Waals surface area contributed by atoms with E-state index in [4.69, 9.17) is 4.74 Å². The standard InChI is InChI=1S/C12H19N3O4/c1-4-5-15-7-10(6-13-15)19-8-11(12(17)18-3)14-9(2)16/h6-7,11H,4-5,8H2,1-3H3,(H,14,16). The van der Waals surface area contributed by atoms with Crippen molar-refractivity contribution in [3.05, 3.63) is 12.4 Å². The van der Waals surface area contributed by atoms with Crippen LogP contribution < -0.4 is 10.1 Å². The second-order valence-electron chi connectivity index (χ2n) is 4.03. The van der Waals surface area contributed by atoms with E-state index in [1.165, 1.54) is 14.0 Å². The molecule has 0 aliphatic carbocycles. The first kappa shape index (κ1) is 15.0. The number of aromatic nitrogens is 2. The summed E-state index contributed by atoms with van der Waals surface area (Å²) in [5.74, 6) is -0.315. The van der Waals surface area contributed by atoms with Crippen LogP contribution in [-0.4, -0.2) is 41.4 Å². The van der Waals surface area contributed by atoms with Gasteiger partial charge in [0.05, 0.1) is 19.5 Å². The maximum Gasteiger partial charge on any atom is 0.331 e. The van der Waals surface area contributed by atoms with E-state index in [2.05, 4.69) is 15.2 Å². The van der Waals surface area contributed by atoms with E-state index >= 15 is 0 Å². The summed E-state index contributed by atoms with van der Waals surface area (Å²) in [6.45, 7) is 4.18. The van der Waals surface area contributed by atoms with Crippen molar-refractivity contribution in [2.24, 2.45) is 0 Å². The van der Waals surface area contributed by atoms with E-state index in [0.29, 0.717) is 5.75 Å². The van der Waals surface area contributed by atoms with E-state index in [1.807, 2.05) is 6.92 Å². The maximum absolute atomic E-state index is 11.4. The molecule has 1 unspecified atom stereocenters. The van der Waals surface area contributed by atoms with Crippen molar-refractivity contribution in [1.82, 2.24) is 15.1 Å². The van der Waals surface area contributed by atoms with E-state index in [-0.39, 0.29) is 12.5 Å². The molecule has 0 saturated heterocycles. The number of aryl methyl sites for hydroxylation is 1. The van der Waals surface area contributed by atoms with E-state index in [9.17, 15) is 9.59 Å². The summed E-state index contributed by atoms with van der Waals surface area (Å²) in [6, 6.07) is -0.822. The molecule has 0 aliphatic heterocycles. The molecule has 1 amide bonds. The van der Waals surface area contributed by atoms with E-state index < -0.39 is 12.0 Å². The molecule has 7 nitrogen and oxygen atoms in total. The third-order valence-electron chi connectivity index (χ3n) is 2.34. The minimum absolute atomic E-state index is 0.00404. The Morgan fingerprint density at radius 3 is 2.84 bits per heavy atom. The van der Waals surface area contributed by atoms with Crippen LogP contribution in [0.25, 0.3) is 0 Å². The van der Waals surface area contributed by atoms with Crippen LogP contribution in [0.15, 0.2) is 12.4 Å². The summed E-state index contributed by atoms with van der Waals surface area (Å²) >= 11 is 0. The number of carbonyl (C=O) groups is 2. The van der Waals surface area contributed by atoms with Gasteiger partial charge in [-0.15, -0.1) is 0 Å². The Morgan fingerprint density at radius 2 is 2.26 bits per heavy atom. The lowest BCUT2D eigenvalue weighted by Gasteiger charge is -2.15. The smallest absolute Gasteiger partial charge is 0.331 e. The molecule has 0 aliphatic rings. The normalized spacial score (nSPS) is 11.7. The Balaban J connectivity index is 2.54. The van der Waals surface area contributed by atoms with Gasteiger partial charge in [-0.3, -0.25) is 9.48 Å². The van der Waals surface area contributed by atoms with Crippen molar-refractivity contribution in [2.45, 2.75) is 32.9 Å². The fraction of sp³-hybridized carbons (Fsp3) is 0.583. The molecule has 19 heavy (non-hydrogen) atoms. The summed E-state index contributed by atoms with van der Waals surface area (Å²) in [5.41, 5.74) is 0. The van der Waals surface area contributed by atoms with Crippen molar-refractivity contribution < 1.29 is 19.1 Å². The molecule has 0 aromatic carbocycles. The Hall–Kier alpha value is -2.05. The maximum atomic E-state index is 11.4. The lowest BCUT2D eigenvalue weighted by Crippen LogP contribution is -2.44. The summed E-state index contributed by atoms with van der Waals surface area (Å²) in [5, 5.41) is 6.57. The SMILES string of the molecule is CCCn1cc(OCC(NC(C)=O)C(=O)OC)cn1. The Labute approximate surface area is 111 Å². The molecule has 1 atom stereocenters. The van der Waals surface area contributed by atoms with Gasteiger partial charge in [0.15, 0.2) is 11.8 Å². The molecule has 1 aromatic rings. The molecule has 0 bridgehead atoms. The van der Waals surface area contributed by atoms with Gasteiger partial charge in [-0.05, 0) is 6.42 Å². The molecule has 1 rings (SSSR count). The van der Waals surface area contributed by atoms with Gasteiger partial charge in [-0.2, -0.15) is 5.10 Å². The number of nitrogens with one attached hydrogen (secondary N) is 1. The molecule has 0 fully saturated rings. The van der Waals surface area contributed by atoms with Crippen molar-refractivity contribution in [3.8, 4) is 5.75 Å². The Bertz CT molecular complexity index is 430. The molecule has 1 N–H and O–H groups in total.